The molecule has 0 atom stereocenters. The largest absolute Gasteiger partial charge is 0.461 e. The minimum absolute atomic E-state index is 0.0127. The minimum atomic E-state index is -0.459. The third kappa shape index (κ3) is 3.97. The Morgan fingerprint density at radius 2 is 1.85 bits per heavy atom. The molecule has 1 N–H and O–H groups in total. The number of carbonyl (C=O) groups is 1. The third-order valence-corrected chi connectivity index (χ3v) is 4.09. The maximum Gasteiger partial charge on any atom is 0.274 e. The van der Waals surface area contributed by atoms with Crippen LogP contribution in [0.15, 0.2) is 65.1 Å². The highest BCUT2D eigenvalue weighted by Gasteiger charge is 2.15. The van der Waals surface area contributed by atoms with Crippen LogP contribution in [0.1, 0.15) is 17.7 Å². The van der Waals surface area contributed by atoms with E-state index in [4.69, 9.17) is 4.42 Å². The Morgan fingerprint density at radius 3 is 2.58 bits per heavy atom. The van der Waals surface area contributed by atoms with Crippen molar-refractivity contribution in [1.82, 2.24) is 0 Å². The Bertz CT molecular complexity index is 932. The van der Waals surface area contributed by atoms with Crippen LogP contribution in [-0.2, 0) is 11.2 Å². The van der Waals surface area contributed by atoms with E-state index in [1.807, 2.05) is 42.5 Å². The Balaban J connectivity index is 1.61. The molecule has 6 nitrogen and oxygen atoms in total. The number of hydrogen-bond donors (Lipinski definition) is 1. The second-order valence-electron chi connectivity index (χ2n) is 5.89. The summed E-state index contributed by atoms with van der Waals surface area (Å²) >= 11 is 0. The van der Waals surface area contributed by atoms with Crippen LogP contribution in [0.5, 0.6) is 0 Å². The number of nitrogens with one attached hydrogen (secondary N) is 1. The monoisotopic (exact) mass is 350 g/mol. The summed E-state index contributed by atoms with van der Waals surface area (Å²) in [6.07, 6.45) is 0.677. The van der Waals surface area contributed by atoms with Crippen LogP contribution in [-0.4, -0.2) is 10.8 Å². The van der Waals surface area contributed by atoms with Crippen LogP contribution in [0, 0.1) is 17.0 Å². The normalized spacial score (nSPS) is 10.5. The average molecular weight is 350 g/mol. The van der Waals surface area contributed by atoms with Gasteiger partial charge in [0.2, 0.25) is 5.91 Å². The highest BCUT2D eigenvalue weighted by atomic mass is 16.6. The van der Waals surface area contributed by atoms with Crippen LogP contribution in [0.25, 0.3) is 11.3 Å². The van der Waals surface area contributed by atoms with Gasteiger partial charge >= 0.3 is 0 Å². The molecule has 3 rings (SSSR count). The number of furan rings is 1. The summed E-state index contributed by atoms with van der Waals surface area (Å²) in [5.74, 6) is 1.26. The summed E-state index contributed by atoms with van der Waals surface area (Å²) in [6, 6.07) is 18.1. The number of nitro groups is 1. The van der Waals surface area contributed by atoms with Crippen molar-refractivity contribution in [3.63, 3.8) is 0 Å². The van der Waals surface area contributed by atoms with E-state index in [0.29, 0.717) is 17.7 Å². The first-order valence-corrected chi connectivity index (χ1v) is 8.22. The Hall–Kier alpha value is -3.41. The number of nitrogens with zero attached hydrogens (tertiary/aromatic N) is 1. The van der Waals surface area contributed by atoms with E-state index in [1.54, 1.807) is 19.1 Å². The van der Waals surface area contributed by atoms with Crippen molar-refractivity contribution >= 4 is 17.3 Å². The zero-order valence-electron chi connectivity index (χ0n) is 14.3. The molecule has 132 valence electrons. The molecule has 2 aromatic carbocycles. The molecule has 1 aromatic heterocycles. The van der Waals surface area contributed by atoms with E-state index in [-0.39, 0.29) is 18.0 Å². The molecule has 0 saturated heterocycles. The molecule has 0 radical (unpaired) electrons. The zero-order chi connectivity index (χ0) is 18.5. The predicted octanol–water partition coefficient (Wildman–Crippen LogP) is 4.73. The number of rotatable bonds is 6. The first-order valence-electron chi connectivity index (χ1n) is 8.22. The molecule has 26 heavy (non-hydrogen) atoms. The molecule has 1 heterocycles. The van der Waals surface area contributed by atoms with Gasteiger partial charge in [0.25, 0.3) is 5.69 Å². The molecule has 0 fully saturated rings. The third-order valence-electron chi connectivity index (χ3n) is 4.09. The summed E-state index contributed by atoms with van der Waals surface area (Å²) in [5, 5.41) is 13.7. The molecule has 0 aliphatic rings. The Morgan fingerprint density at radius 1 is 1.08 bits per heavy atom. The molecule has 0 aliphatic heterocycles. The second kappa shape index (κ2) is 7.65. The van der Waals surface area contributed by atoms with Crippen molar-refractivity contribution in [2.24, 2.45) is 0 Å². The average Bonchev–Trinajstić information content (AvgIpc) is 3.11. The number of amides is 1. The van der Waals surface area contributed by atoms with Crippen molar-refractivity contribution < 1.29 is 14.1 Å². The first-order chi connectivity index (χ1) is 12.5. The number of anilines is 1. The van der Waals surface area contributed by atoms with Gasteiger partial charge in [-0.05, 0) is 25.1 Å². The van der Waals surface area contributed by atoms with E-state index >= 15 is 0 Å². The number of benzene rings is 2. The van der Waals surface area contributed by atoms with Gasteiger partial charge in [-0.1, -0.05) is 36.4 Å². The van der Waals surface area contributed by atoms with Gasteiger partial charge in [-0.3, -0.25) is 14.9 Å². The lowest BCUT2D eigenvalue weighted by Crippen LogP contribution is -2.13. The van der Waals surface area contributed by atoms with Gasteiger partial charge in [-0.2, -0.15) is 0 Å². The van der Waals surface area contributed by atoms with E-state index < -0.39 is 4.92 Å². The first kappa shape index (κ1) is 17.4. The quantitative estimate of drug-likeness (QED) is 0.514. The lowest BCUT2D eigenvalue weighted by Gasteiger charge is -2.08. The Labute approximate surface area is 150 Å². The van der Waals surface area contributed by atoms with Gasteiger partial charge in [0, 0.05) is 24.5 Å². The van der Waals surface area contributed by atoms with E-state index in [1.165, 1.54) is 6.07 Å². The molecule has 0 bridgehead atoms. The maximum absolute atomic E-state index is 12.2. The van der Waals surface area contributed by atoms with Crippen LogP contribution >= 0.6 is 0 Å². The van der Waals surface area contributed by atoms with Gasteiger partial charge in [-0.15, -0.1) is 0 Å². The summed E-state index contributed by atoms with van der Waals surface area (Å²) in [7, 11) is 0. The molecule has 0 aliphatic carbocycles. The molecule has 6 heteroatoms. The lowest BCUT2D eigenvalue weighted by atomic mass is 10.1. The smallest absolute Gasteiger partial charge is 0.274 e. The van der Waals surface area contributed by atoms with E-state index in [9.17, 15) is 14.9 Å². The zero-order valence-corrected chi connectivity index (χ0v) is 14.3. The lowest BCUT2D eigenvalue weighted by molar-refractivity contribution is -0.385. The molecule has 0 saturated carbocycles. The van der Waals surface area contributed by atoms with Gasteiger partial charge in [0.15, 0.2) is 0 Å². The SMILES string of the molecule is Cc1c(NC(=O)CCc2ccc(-c3ccccc3)o2)cccc1[N+](=O)[O-]. The van der Waals surface area contributed by atoms with E-state index in [0.717, 1.165) is 17.1 Å². The van der Waals surface area contributed by atoms with Crippen LogP contribution in [0.2, 0.25) is 0 Å². The van der Waals surface area contributed by atoms with Gasteiger partial charge in [0.1, 0.15) is 11.5 Å². The molecule has 3 aromatic rings. The van der Waals surface area contributed by atoms with Gasteiger partial charge in [0.05, 0.1) is 16.2 Å². The molecule has 1 amide bonds. The van der Waals surface area contributed by atoms with Crippen molar-refractivity contribution in [2.45, 2.75) is 19.8 Å². The number of carbonyl (C=O) groups excluding carboxylic acids is 1. The fraction of sp³-hybridized carbons (Fsp3) is 0.150. The topological polar surface area (TPSA) is 85.4 Å². The number of hydrogen-bond acceptors (Lipinski definition) is 4. The van der Waals surface area contributed by atoms with Crippen molar-refractivity contribution in [2.75, 3.05) is 5.32 Å². The van der Waals surface area contributed by atoms with Gasteiger partial charge in [-0.25, -0.2) is 0 Å². The standard InChI is InChI=1S/C20H18N2O4/c1-14-17(8-5-9-18(14)22(24)25)21-20(23)13-11-16-10-12-19(26-16)15-6-3-2-4-7-15/h2-10,12H,11,13H2,1H3,(H,21,23). The highest BCUT2D eigenvalue weighted by Crippen LogP contribution is 2.26. The fourth-order valence-corrected chi connectivity index (χ4v) is 2.68. The predicted molar refractivity (Wildman–Crippen MR) is 98.9 cm³/mol. The van der Waals surface area contributed by atoms with Gasteiger partial charge < -0.3 is 9.73 Å². The molecular weight excluding hydrogens is 332 g/mol. The summed E-state index contributed by atoms with van der Waals surface area (Å²) in [6.45, 7) is 1.62. The minimum Gasteiger partial charge on any atom is -0.461 e. The van der Waals surface area contributed by atoms with Crippen molar-refractivity contribution in [3.05, 3.63) is 82.1 Å². The summed E-state index contributed by atoms with van der Waals surface area (Å²) < 4.78 is 5.78. The van der Waals surface area contributed by atoms with Crippen LogP contribution in [0.4, 0.5) is 11.4 Å². The second-order valence-corrected chi connectivity index (χ2v) is 5.89. The van der Waals surface area contributed by atoms with Crippen molar-refractivity contribution in [3.8, 4) is 11.3 Å². The summed E-state index contributed by atoms with van der Waals surface area (Å²) in [5.41, 5.74) is 1.86. The molecule has 0 unspecified atom stereocenters. The maximum atomic E-state index is 12.2. The summed E-state index contributed by atoms with van der Waals surface area (Å²) in [4.78, 5) is 22.7. The number of nitro benzene ring substituents is 1. The van der Waals surface area contributed by atoms with Crippen LogP contribution < -0.4 is 5.32 Å². The molecular formula is C20H18N2O4. The number of aryl methyl sites for hydroxylation is 1. The van der Waals surface area contributed by atoms with E-state index in [2.05, 4.69) is 5.32 Å². The Kier molecular flexibility index (Phi) is 5.12. The fourth-order valence-electron chi connectivity index (χ4n) is 2.68. The van der Waals surface area contributed by atoms with Crippen molar-refractivity contribution in [1.29, 1.82) is 0 Å². The van der Waals surface area contributed by atoms with Crippen LogP contribution in [0.3, 0.4) is 0 Å². The highest BCUT2D eigenvalue weighted by molar-refractivity contribution is 5.92. The molecule has 0 spiro atoms.